The molecule has 0 aliphatic carbocycles. The van der Waals surface area contributed by atoms with E-state index in [1.807, 2.05) is 0 Å². The summed E-state index contributed by atoms with van der Waals surface area (Å²) in [5, 5.41) is 8.65. The summed E-state index contributed by atoms with van der Waals surface area (Å²) in [6.07, 6.45) is 3.44. The van der Waals surface area contributed by atoms with Gasteiger partial charge in [-0.15, -0.1) is 0 Å². The first-order valence-corrected chi connectivity index (χ1v) is 6.17. The second-order valence-electron chi connectivity index (χ2n) is 3.96. The van der Waals surface area contributed by atoms with Gasteiger partial charge in [-0.25, -0.2) is 0 Å². The highest BCUT2D eigenvalue weighted by atomic mass is 16.2. The van der Waals surface area contributed by atoms with Crippen LogP contribution in [0, 0.1) is 0 Å². The van der Waals surface area contributed by atoms with Crippen molar-refractivity contribution in [2.75, 3.05) is 6.61 Å². The highest BCUT2D eigenvalue weighted by molar-refractivity contribution is 4.47. The molecule has 0 aromatic carbocycles. The zero-order valence-corrected chi connectivity index (χ0v) is 9.73. The third-order valence-corrected chi connectivity index (χ3v) is 2.55. The average Bonchev–Trinajstić information content (AvgIpc) is 2.39. The maximum Gasteiger partial charge on any atom is 0.0431 e. The smallest absolute Gasteiger partial charge is 0.0431 e. The number of rotatable bonds is 12. The largest absolute Gasteiger partial charge is 0.396 e. The van der Waals surface area contributed by atoms with E-state index >= 15 is 0 Å². The summed E-state index contributed by atoms with van der Waals surface area (Å²) < 4.78 is 51.9. The van der Waals surface area contributed by atoms with Crippen LogP contribution in [0.2, 0.25) is 0 Å². The van der Waals surface area contributed by atoms with Crippen molar-refractivity contribution < 1.29 is 14.7 Å². The molecular formula is C14H30O. The first-order valence-electron chi connectivity index (χ1n) is 9.67. The van der Waals surface area contributed by atoms with Crippen LogP contribution in [0.25, 0.3) is 0 Å². The molecule has 0 fully saturated rings. The fourth-order valence-corrected chi connectivity index (χ4v) is 1.63. The molecule has 1 heteroatoms. The molecule has 0 unspecified atom stereocenters. The minimum Gasteiger partial charge on any atom is -0.396 e. The number of hydrogen-bond donors (Lipinski definition) is 1. The summed E-state index contributed by atoms with van der Waals surface area (Å²) in [6, 6.07) is 0. The van der Waals surface area contributed by atoms with Crippen molar-refractivity contribution in [2.45, 2.75) is 83.8 Å². The Morgan fingerprint density at radius 3 is 1.73 bits per heavy atom. The summed E-state index contributed by atoms with van der Waals surface area (Å²) in [7, 11) is 0. The lowest BCUT2D eigenvalue weighted by atomic mass is 10.1. The highest BCUT2D eigenvalue weighted by Gasteiger charge is 1.92. The minimum atomic E-state index is -2.94. The van der Waals surface area contributed by atoms with Crippen LogP contribution in [0.4, 0.5) is 0 Å². The molecule has 0 heterocycles. The minimum absolute atomic E-state index is 0.0606. The van der Waals surface area contributed by atoms with Crippen LogP contribution in [0.1, 0.15) is 93.4 Å². The van der Waals surface area contributed by atoms with Gasteiger partial charge < -0.3 is 5.11 Å². The Balaban J connectivity index is 3.78. The molecule has 0 atom stereocenters. The van der Waals surface area contributed by atoms with Crippen LogP contribution < -0.4 is 0 Å². The van der Waals surface area contributed by atoms with Gasteiger partial charge in [0.25, 0.3) is 0 Å². The molecule has 0 aliphatic heterocycles. The first-order chi connectivity index (χ1) is 10.1. The van der Waals surface area contributed by atoms with E-state index in [0.29, 0.717) is 6.42 Å². The summed E-state index contributed by atoms with van der Waals surface area (Å²) >= 11 is 0. The number of aliphatic hydroxyl groups is 1. The highest BCUT2D eigenvalue weighted by Crippen LogP contribution is 2.11. The fraction of sp³-hybridized carbons (Fsp3) is 1.00. The lowest BCUT2D eigenvalue weighted by Gasteiger charge is -2.01. The number of unbranched alkanes of at least 4 members (excludes halogenated alkanes) is 8. The van der Waals surface area contributed by atoms with E-state index in [1.165, 1.54) is 0 Å². The van der Waals surface area contributed by atoms with Gasteiger partial charge >= 0.3 is 0 Å². The molecule has 0 aliphatic rings. The van der Waals surface area contributed by atoms with Crippen molar-refractivity contribution in [3.63, 3.8) is 0 Å². The zero-order valence-electron chi connectivity index (χ0n) is 16.7. The monoisotopic (exact) mass is 221 g/mol. The van der Waals surface area contributed by atoms with E-state index in [1.54, 1.807) is 0 Å². The predicted molar refractivity (Wildman–Crippen MR) is 68.2 cm³/mol. The lowest BCUT2D eigenvalue weighted by molar-refractivity contribution is 0.282. The van der Waals surface area contributed by atoms with Gasteiger partial charge in [-0.1, -0.05) is 77.4 Å². The van der Waals surface area contributed by atoms with Crippen LogP contribution in [0.5, 0.6) is 0 Å². The number of aliphatic hydroxyl groups excluding tert-OH is 1. The van der Waals surface area contributed by atoms with E-state index in [-0.39, 0.29) is 13.0 Å². The molecular weight excluding hydrogens is 184 g/mol. The van der Waals surface area contributed by atoms with E-state index in [0.717, 1.165) is 51.4 Å². The van der Waals surface area contributed by atoms with Gasteiger partial charge in [0, 0.05) is 16.2 Å². The molecule has 0 saturated heterocycles. The first kappa shape index (κ1) is 6.64. The topological polar surface area (TPSA) is 20.2 Å². The second-order valence-corrected chi connectivity index (χ2v) is 3.96. The Kier molecular flexibility index (Phi) is 6.18. The maximum absolute atomic E-state index is 8.65. The normalized spacial score (nSPS) is 20.5. The molecule has 0 saturated carbocycles. The Morgan fingerprint density at radius 2 is 1.27 bits per heavy atom. The zero-order chi connectivity index (χ0) is 17.3. The van der Waals surface area contributed by atoms with Crippen LogP contribution >= 0.6 is 0 Å². The SMILES string of the molecule is [2H]C([2H])([2H])C([2H])([2H])C([2H])([2H])CCCCCCCCCCCO. The summed E-state index contributed by atoms with van der Waals surface area (Å²) in [5.74, 6) is 0. The van der Waals surface area contributed by atoms with Crippen molar-refractivity contribution in [1.82, 2.24) is 0 Å². The van der Waals surface area contributed by atoms with Crippen LogP contribution in [-0.2, 0) is 0 Å². The molecule has 92 valence electrons. The van der Waals surface area contributed by atoms with Crippen LogP contribution in [0.15, 0.2) is 0 Å². The van der Waals surface area contributed by atoms with Crippen LogP contribution in [0.3, 0.4) is 0 Å². The molecule has 0 amide bonds. The average molecular weight is 221 g/mol. The Bertz CT molecular complexity index is 289. The van der Waals surface area contributed by atoms with Crippen LogP contribution in [-0.4, -0.2) is 11.7 Å². The van der Waals surface area contributed by atoms with E-state index < -0.39 is 19.6 Å². The molecule has 0 spiro atoms. The van der Waals surface area contributed by atoms with E-state index in [2.05, 4.69) is 0 Å². The Labute approximate surface area is 106 Å². The van der Waals surface area contributed by atoms with Gasteiger partial charge in [-0.3, -0.25) is 0 Å². The van der Waals surface area contributed by atoms with Crippen molar-refractivity contribution in [3.05, 3.63) is 0 Å². The van der Waals surface area contributed by atoms with Crippen molar-refractivity contribution in [1.29, 1.82) is 0 Å². The number of hydrogen-bond acceptors (Lipinski definition) is 1. The third-order valence-electron chi connectivity index (χ3n) is 2.55. The Morgan fingerprint density at radius 1 is 0.800 bits per heavy atom. The van der Waals surface area contributed by atoms with Crippen molar-refractivity contribution in [2.24, 2.45) is 0 Å². The van der Waals surface area contributed by atoms with Gasteiger partial charge in [-0.05, 0) is 6.42 Å². The molecule has 0 radical (unpaired) electrons. The third kappa shape index (κ3) is 14.0. The lowest BCUT2D eigenvalue weighted by Crippen LogP contribution is -1.84. The Hall–Kier alpha value is -0.0400. The van der Waals surface area contributed by atoms with Gasteiger partial charge in [0.05, 0.1) is 0 Å². The van der Waals surface area contributed by atoms with Gasteiger partial charge in [0.1, 0.15) is 0 Å². The molecule has 15 heavy (non-hydrogen) atoms. The van der Waals surface area contributed by atoms with Gasteiger partial charge in [0.15, 0.2) is 0 Å². The van der Waals surface area contributed by atoms with E-state index in [4.69, 9.17) is 14.7 Å². The molecule has 0 bridgehead atoms. The summed E-state index contributed by atoms with van der Waals surface area (Å²) in [4.78, 5) is 0. The van der Waals surface area contributed by atoms with E-state index in [9.17, 15) is 0 Å². The quantitative estimate of drug-likeness (QED) is 0.474. The standard InChI is InChI=1S/C14H30O/c1-2-3-4-5-6-7-8-9-10-11-12-13-14-15/h15H,2-14H2,1H3/i1D3,2D2,3D2. The predicted octanol–water partition coefficient (Wildman–Crippen LogP) is 4.68. The molecule has 0 rings (SSSR count). The molecule has 1 nitrogen and oxygen atoms in total. The summed E-state index contributed by atoms with van der Waals surface area (Å²) in [6.45, 7) is -2.68. The molecule has 1 N–H and O–H groups in total. The maximum atomic E-state index is 8.65. The van der Waals surface area contributed by atoms with Gasteiger partial charge in [-0.2, -0.15) is 0 Å². The van der Waals surface area contributed by atoms with Crippen molar-refractivity contribution in [3.8, 4) is 0 Å². The molecule has 0 aromatic rings. The fourth-order valence-electron chi connectivity index (χ4n) is 1.63. The van der Waals surface area contributed by atoms with Gasteiger partial charge in [0.2, 0.25) is 0 Å². The second kappa shape index (κ2) is 14.0. The summed E-state index contributed by atoms with van der Waals surface area (Å²) in [5.41, 5.74) is 0. The van der Waals surface area contributed by atoms with Crippen molar-refractivity contribution >= 4 is 0 Å². The molecule has 0 aromatic heterocycles.